The molecule has 0 atom stereocenters. The lowest BCUT2D eigenvalue weighted by molar-refractivity contribution is 0.0697. The third-order valence-electron chi connectivity index (χ3n) is 3.13. The zero-order valence-electron chi connectivity index (χ0n) is 11.0. The predicted octanol–water partition coefficient (Wildman–Crippen LogP) is 3.62. The molecule has 0 saturated carbocycles. The summed E-state index contributed by atoms with van der Waals surface area (Å²) < 4.78 is 5.16. The molecular formula is C16H16O3. The summed E-state index contributed by atoms with van der Waals surface area (Å²) in [5.41, 5.74) is 3.07. The van der Waals surface area contributed by atoms with Crippen LogP contribution >= 0.6 is 0 Å². The molecule has 0 saturated heterocycles. The van der Waals surface area contributed by atoms with Crippen molar-refractivity contribution in [1.82, 2.24) is 0 Å². The van der Waals surface area contributed by atoms with Gasteiger partial charge in [0.15, 0.2) is 0 Å². The Balaban J connectivity index is 2.54. The first-order valence-corrected chi connectivity index (χ1v) is 6.16. The Hall–Kier alpha value is -2.29. The Morgan fingerprint density at radius 1 is 1.16 bits per heavy atom. The van der Waals surface area contributed by atoms with E-state index < -0.39 is 5.97 Å². The molecule has 98 valence electrons. The Morgan fingerprint density at radius 3 is 2.37 bits per heavy atom. The molecule has 0 fully saturated rings. The van der Waals surface area contributed by atoms with Gasteiger partial charge in [0.05, 0.1) is 12.7 Å². The largest absolute Gasteiger partial charge is 0.497 e. The van der Waals surface area contributed by atoms with E-state index in [9.17, 15) is 9.90 Å². The summed E-state index contributed by atoms with van der Waals surface area (Å²) in [6.07, 6.45) is 0.962. The summed E-state index contributed by atoms with van der Waals surface area (Å²) >= 11 is 0. The van der Waals surface area contributed by atoms with E-state index in [1.54, 1.807) is 25.3 Å². The quantitative estimate of drug-likeness (QED) is 0.908. The fraction of sp³-hybridized carbons (Fsp3) is 0.188. The molecule has 0 unspecified atom stereocenters. The number of carbonyl (C=O) groups is 1. The molecule has 0 heterocycles. The molecule has 3 heteroatoms. The van der Waals surface area contributed by atoms with E-state index in [2.05, 4.69) is 6.92 Å². The molecule has 2 aromatic carbocycles. The molecule has 0 amide bonds. The second-order valence-electron chi connectivity index (χ2n) is 4.27. The van der Waals surface area contributed by atoms with Crippen LogP contribution < -0.4 is 4.74 Å². The molecule has 3 nitrogen and oxygen atoms in total. The third-order valence-corrected chi connectivity index (χ3v) is 3.13. The number of methoxy groups -OCH3 is 1. The number of ether oxygens (including phenoxy) is 1. The van der Waals surface area contributed by atoms with Gasteiger partial charge in [0.2, 0.25) is 0 Å². The number of aromatic carboxylic acids is 1. The Bertz CT molecular complexity index is 585. The van der Waals surface area contributed by atoms with Crippen molar-refractivity contribution in [2.75, 3.05) is 7.11 Å². The number of hydrogen-bond donors (Lipinski definition) is 1. The highest BCUT2D eigenvalue weighted by molar-refractivity contribution is 5.96. The molecule has 0 spiro atoms. The molecule has 0 aliphatic heterocycles. The van der Waals surface area contributed by atoms with Gasteiger partial charge in [-0.2, -0.15) is 0 Å². The first-order valence-electron chi connectivity index (χ1n) is 6.16. The predicted molar refractivity (Wildman–Crippen MR) is 74.8 cm³/mol. The van der Waals surface area contributed by atoms with Gasteiger partial charge in [-0.1, -0.05) is 31.2 Å². The van der Waals surface area contributed by atoms with Gasteiger partial charge < -0.3 is 9.84 Å². The van der Waals surface area contributed by atoms with Crippen LogP contribution in [0, 0.1) is 0 Å². The zero-order chi connectivity index (χ0) is 13.8. The number of carboxylic acid groups (broad SMARTS) is 1. The van der Waals surface area contributed by atoms with E-state index in [-0.39, 0.29) is 5.56 Å². The van der Waals surface area contributed by atoms with Crippen LogP contribution in [0.25, 0.3) is 11.1 Å². The molecule has 2 rings (SSSR count). The average molecular weight is 256 g/mol. The summed E-state index contributed by atoms with van der Waals surface area (Å²) in [4.78, 5) is 11.3. The van der Waals surface area contributed by atoms with Gasteiger partial charge in [-0.25, -0.2) is 4.79 Å². The molecule has 0 aromatic heterocycles. The van der Waals surface area contributed by atoms with Crippen LogP contribution in [0.4, 0.5) is 0 Å². The second-order valence-corrected chi connectivity index (χ2v) is 4.27. The van der Waals surface area contributed by atoms with Crippen LogP contribution in [0.15, 0.2) is 42.5 Å². The minimum Gasteiger partial charge on any atom is -0.497 e. The number of aryl methyl sites for hydroxylation is 1. The van der Waals surface area contributed by atoms with E-state index >= 15 is 0 Å². The van der Waals surface area contributed by atoms with Gasteiger partial charge in [-0.3, -0.25) is 0 Å². The second kappa shape index (κ2) is 5.57. The van der Waals surface area contributed by atoms with Crippen molar-refractivity contribution in [2.45, 2.75) is 13.3 Å². The number of benzene rings is 2. The van der Waals surface area contributed by atoms with Crippen LogP contribution in [-0.4, -0.2) is 18.2 Å². The van der Waals surface area contributed by atoms with E-state index in [4.69, 9.17) is 4.74 Å². The Morgan fingerprint density at radius 2 is 1.84 bits per heavy atom. The van der Waals surface area contributed by atoms with Gasteiger partial charge in [-0.15, -0.1) is 0 Å². The van der Waals surface area contributed by atoms with Crippen LogP contribution in [-0.2, 0) is 6.42 Å². The van der Waals surface area contributed by atoms with Gasteiger partial charge >= 0.3 is 5.97 Å². The first kappa shape index (κ1) is 13.1. The molecule has 0 aliphatic carbocycles. The van der Waals surface area contributed by atoms with Crippen LogP contribution in [0.5, 0.6) is 5.75 Å². The number of carboxylic acids is 1. The third kappa shape index (κ3) is 2.76. The van der Waals surface area contributed by atoms with Gasteiger partial charge in [0, 0.05) is 0 Å². The fourth-order valence-electron chi connectivity index (χ4n) is 2.00. The average Bonchev–Trinajstić information content (AvgIpc) is 2.46. The van der Waals surface area contributed by atoms with Crippen molar-refractivity contribution in [2.24, 2.45) is 0 Å². The van der Waals surface area contributed by atoms with Gasteiger partial charge in [0.25, 0.3) is 0 Å². The fourth-order valence-corrected chi connectivity index (χ4v) is 2.00. The standard InChI is InChI=1S/C16H16O3/c1-3-11-4-6-12(7-5-11)15-10-13(19-2)8-9-14(15)16(17)18/h4-10H,3H2,1-2H3,(H,17,18). The lowest BCUT2D eigenvalue weighted by Crippen LogP contribution is -2.00. The molecule has 2 aromatic rings. The van der Waals surface area contributed by atoms with Gasteiger partial charge in [-0.05, 0) is 41.3 Å². The van der Waals surface area contributed by atoms with E-state index in [1.165, 1.54) is 5.56 Å². The normalized spacial score (nSPS) is 10.2. The lowest BCUT2D eigenvalue weighted by Gasteiger charge is -2.09. The van der Waals surface area contributed by atoms with Crippen molar-refractivity contribution in [3.63, 3.8) is 0 Å². The van der Waals surface area contributed by atoms with E-state index in [0.717, 1.165) is 12.0 Å². The Labute approximate surface area is 112 Å². The van der Waals surface area contributed by atoms with Crippen LogP contribution in [0.2, 0.25) is 0 Å². The summed E-state index contributed by atoms with van der Waals surface area (Å²) in [5, 5.41) is 9.25. The Kier molecular flexibility index (Phi) is 3.85. The highest BCUT2D eigenvalue weighted by Crippen LogP contribution is 2.28. The molecule has 0 radical (unpaired) electrons. The van der Waals surface area contributed by atoms with Crippen LogP contribution in [0.3, 0.4) is 0 Å². The minimum absolute atomic E-state index is 0.282. The van der Waals surface area contributed by atoms with Crippen molar-refractivity contribution in [3.05, 3.63) is 53.6 Å². The minimum atomic E-state index is -0.933. The summed E-state index contributed by atoms with van der Waals surface area (Å²) in [7, 11) is 1.57. The first-order chi connectivity index (χ1) is 9.15. The zero-order valence-corrected chi connectivity index (χ0v) is 11.0. The number of rotatable bonds is 4. The summed E-state index contributed by atoms with van der Waals surface area (Å²) in [6.45, 7) is 2.09. The summed E-state index contributed by atoms with van der Waals surface area (Å²) in [6, 6.07) is 12.9. The molecule has 0 bridgehead atoms. The molecule has 19 heavy (non-hydrogen) atoms. The van der Waals surface area contributed by atoms with Crippen molar-refractivity contribution >= 4 is 5.97 Å². The van der Waals surface area contributed by atoms with Crippen molar-refractivity contribution in [1.29, 1.82) is 0 Å². The van der Waals surface area contributed by atoms with Gasteiger partial charge in [0.1, 0.15) is 5.75 Å². The molecular weight excluding hydrogens is 240 g/mol. The maximum Gasteiger partial charge on any atom is 0.336 e. The monoisotopic (exact) mass is 256 g/mol. The van der Waals surface area contributed by atoms with E-state index in [1.807, 2.05) is 24.3 Å². The van der Waals surface area contributed by atoms with E-state index in [0.29, 0.717) is 11.3 Å². The SMILES string of the molecule is CCc1ccc(-c2cc(OC)ccc2C(=O)O)cc1. The van der Waals surface area contributed by atoms with Crippen LogP contribution in [0.1, 0.15) is 22.8 Å². The lowest BCUT2D eigenvalue weighted by atomic mass is 9.98. The maximum atomic E-state index is 11.3. The highest BCUT2D eigenvalue weighted by Gasteiger charge is 2.12. The van der Waals surface area contributed by atoms with Crippen molar-refractivity contribution < 1.29 is 14.6 Å². The summed E-state index contributed by atoms with van der Waals surface area (Å²) in [5.74, 6) is -0.281. The molecule has 1 N–H and O–H groups in total. The topological polar surface area (TPSA) is 46.5 Å². The number of hydrogen-bond acceptors (Lipinski definition) is 2. The maximum absolute atomic E-state index is 11.3. The smallest absolute Gasteiger partial charge is 0.336 e. The molecule has 0 aliphatic rings. The highest BCUT2D eigenvalue weighted by atomic mass is 16.5. The van der Waals surface area contributed by atoms with Crippen molar-refractivity contribution in [3.8, 4) is 16.9 Å².